The van der Waals surface area contributed by atoms with Gasteiger partial charge in [-0.05, 0) is 31.0 Å². The molecule has 118 valence electrons. The first kappa shape index (κ1) is 15.0. The Morgan fingerprint density at radius 3 is 2.78 bits per heavy atom. The Bertz CT molecular complexity index is 799. The highest BCUT2D eigenvalue weighted by molar-refractivity contribution is 5.70. The second-order valence-electron chi connectivity index (χ2n) is 5.39. The lowest BCUT2D eigenvalue weighted by Gasteiger charge is -2.10. The average Bonchev–Trinajstić information content (AvgIpc) is 3.04. The molecule has 2 aromatic heterocycles. The summed E-state index contributed by atoms with van der Waals surface area (Å²) in [4.78, 5) is 12.7. The lowest BCUT2D eigenvalue weighted by Crippen LogP contribution is -2.08. The van der Waals surface area contributed by atoms with Crippen molar-refractivity contribution >= 4 is 5.82 Å². The van der Waals surface area contributed by atoms with Crippen molar-refractivity contribution in [3.05, 3.63) is 54.2 Å². The Kier molecular flexibility index (Phi) is 4.23. The number of aromatic nitrogens is 4. The number of imidazole rings is 1. The number of aryl methyl sites for hydroxylation is 2. The van der Waals surface area contributed by atoms with E-state index >= 15 is 0 Å². The summed E-state index contributed by atoms with van der Waals surface area (Å²) in [5.41, 5.74) is 10.1. The van der Waals surface area contributed by atoms with Crippen molar-refractivity contribution in [1.29, 1.82) is 0 Å². The molecular formula is C17H19N5O. The number of hydrogen-bond donors (Lipinski definition) is 1. The van der Waals surface area contributed by atoms with Gasteiger partial charge in [0.15, 0.2) is 5.82 Å². The normalized spacial score (nSPS) is 10.7. The number of anilines is 1. The Labute approximate surface area is 135 Å². The molecule has 0 amide bonds. The summed E-state index contributed by atoms with van der Waals surface area (Å²) in [7, 11) is 0. The summed E-state index contributed by atoms with van der Waals surface area (Å²) < 4.78 is 7.52. The first-order valence-corrected chi connectivity index (χ1v) is 7.42. The van der Waals surface area contributed by atoms with Gasteiger partial charge in [-0.25, -0.2) is 9.97 Å². The van der Waals surface area contributed by atoms with Crippen molar-refractivity contribution in [2.75, 3.05) is 12.3 Å². The highest BCUT2D eigenvalue weighted by atomic mass is 16.5. The van der Waals surface area contributed by atoms with Crippen molar-refractivity contribution in [3.63, 3.8) is 0 Å². The van der Waals surface area contributed by atoms with Crippen LogP contribution in [0.2, 0.25) is 0 Å². The molecule has 0 saturated heterocycles. The fraction of sp³-hybridized carbons (Fsp3) is 0.235. The summed E-state index contributed by atoms with van der Waals surface area (Å²) in [6.07, 6.45) is 6.96. The molecule has 2 heterocycles. The third kappa shape index (κ3) is 3.48. The second kappa shape index (κ2) is 6.48. The van der Waals surface area contributed by atoms with Crippen LogP contribution in [0.3, 0.4) is 0 Å². The fourth-order valence-corrected chi connectivity index (χ4v) is 2.24. The minimum absolute atomic E-state index is 0.369. The fourth-order valence-electron chi connectivity index (χ4n) is 2.24. The van der Waals surface area contributed by atoms with Gasteiger partial charge in [-0.2, -0.15) is 4.98 Å². The van der Waals surface area contributed by atoms with E-state index in [1.165, 1.54) is 11.1 Å². The van der Waals surface area contributed by atoms with Gasteiger partial charge in [-0.15, -0.1) is 0 Å². The maximum Gasteiger partial charge on any atom is 0.234 e. The zero-order valence-corrected chi connectivity index (χ0v) is 13.2. The molecule has 0 spiro atoms. The predicted molar refractivity (Wildman–Crippen MR) is 89.1 cm³/mol. The van der Waals surface area contributed by atoms with E-state index in [1.54, 1.807) is 18.7 Å². The van der Waals surface area contributed by atoms with Crippen LogP contribution in [0.1, 0.15) is 11.1 Å². The topological polar surface area (TPSA) is 78.8 Å². The van der Waals surface area contributed by atoms with Gasteiger partial charge < -0.3 is 15.0 Å². The van der Waals surface area contributed by atoms with Gasteiger partial charge in [-0.3, -0.25) is 0 Å². The largest absolute Gasteiger partial charge is 0.475 e. The Hall–Kier alpha value is -2.89. The van der Waals surface area contributed by atoms with Crippen molar-refractivity contribution in [2.24, 2.45) is 0 Å². The van der Waals surface area contributed by atoms with Crippen LogP contribution in [-0.4, -0.2) is 26.1 Å². The van der Waals surface area contributed by atoms with Gasteiger partial charge >= 0.3 is 0 Å². The van der Waals surface area contributed by atoms with Crippen LogP contribution in [0.15, 0.2) is 43.1 Å². The van der Waals surface area contributed by atoms with Crippen molar-refractivity contribution < 1.29 is 4.74 Å². The van der Waals surface area contributed by atoms with Crippen LogP contribution < -0.4 is 10.5 Å². The third-order valence-electron chi connectivity index (χ3n) is 3.72. The van der Waals surface area contributed by atoms with Gasteiger partial charge in [0, 0.05) is 18.0 Å². The molecule has 3 rings (SSSR count). The zero-order chi connectivity index (χ0) is 16.2. The van der Waals surface area contributed by atoms with Crippen LogP contribution in [0, 0.1) is 13.8 Å². The van der Waals surface area contributed by atoms with E-state index in [0.29, 0.717) is 30.5 Å². The molecule has 1 aromatic carbocycles. The molecule has 0 aliphatic carbocycles. The molecule has 0 unspecified atom stereocenters. The highest BCUT2D eigenvalue weighted by Gasteiger charge is 2.09. The van der Waals surface area contributed by atoms with Crippen LogP contribution in [0.5, 0.6) is 5.88 Å². The van der Waals surface area contributed by atoms with Crippen molar-refractivity contribution in [2.45, 2.75) is 20.4 Å². The molecule has 2 N–H and O–H groups in total. The molecule has 3 aromatic rings. The summed E-state index contributed by atoms with van der Waals surface area (Å²) in [5, 5.41) is 0. The molecule has 6 nitrogen and oxygen atoms in total. The number of nitrogens with two attached hydrogens (primary N) is 1. The van der Waals surface area contributed by atoms with E-state index in [4.69, 9.17) is 10.5 Å². The van der Waals surface area contributed by atoms with E-state index in [1.807, 2.05) is 16.8 Å². The van der Waals surface area contributed by atoms with E-state index < -0.39 is 0 Å². The molecule has 0 bridgehead atoms. The minimum atomic E-state index is 0.369. The summed E-state index contributed by atoms with van der Waals surface area (Å²) >= 11 is 0. The molecule has 0 saturated carbocycles. The molecule has 6 heteroatoms. The van der Waals surface area contributed by atoms with Gasteiger partial charge in [0.1, 0.15) is 12.3 Å². The minimum Gasteiger partial charge on any atom is -0.475 e. The van der Waals surface area contributed by atoms with Crippen LogP contribution >= 0.6 is 0 Å². The summed E-state index contributed by atoms with van der Waals surface area (Å²) in [5.74, 6) is 0.795. The second-order valence-corrected chi connectivity index (χ2v) is 5.39. The monoisotopic (exact) mass is 309 g/mol. The number of nitrogens with zero attached hydrogens (tertiary/aromatic N) is 4. The highest BCUT2D eigenvalue weighted by Crippen LogP contribution is 2.25. The molecule has 0 atom stereocenters. The first-order valence-electron chi connectivity index (χ1n) is 7.42. The first-order chi connectivity index (χ1) is 11.1. The lowest BCUT2D eigenvalue weighted by molar-refractivity contribution is 0.286. The average molecular weight is 309 g/mol. The maximum atomic E-state index is 6.04. The standard InChI is InChI=1S/C17H19N5O/c1-12-3-4-14(9-13(12)2)16-17(18)21-15(10-20-16)23-8-7-22-6-5-19-11-22/h3-6,9-11H,7-8H2,1-2H3,(H2,18,21). The Balaban J connectivity index is 1.71. The molecule has 0 fully saturated rings. The SMILES string of the molecule is Cc1ccc(-c2ncc(OCCn3ccnc3)nc2N)cc1C. The van der Waals surface area contributed by atoms with Crippen molar-refractivity contribution in [1.82, 2.24) is 19.5 Å². The Morgan fingerprint density at radius 1 is 1.22 bits per heavy atom. The smallest absolute Gasteiger partial charge is 0.234 e. The number of hydrogen-bond acceptors (Lipinski definition) is 5. The molecule has 0 aliphatic heterocycles. The van der Waals surface area contributed by atoms with E-state index in [0.717, 1.165) is 5.56 Å². The van der Waals surface area contributed by atoms with Gasteiger partial charge in [0.2, 0.25) is 5.88 Å². The molecule has 0 radical (unpaired) electrons. The molecule has 23 heavy (non-hydrogen) atoms. The molecule has 0 aliphatic rings. The van der Waals surface area contributed by atoms with Crippen LogP contribution in [-0.2, 0) is 6.54 Å². The van der Waals surface area contributed by atoms with E-state index in [-0.39, 0.29) is 0 Å². The van der Waals surface area contributed by atoms with E-state index in [9.17, 15) is 0 Å². The van der Waals surface area contributed by atoms with Gasteiger partial charge in [0.25, 0.3) is 0 Å². The quantitative estimate of drug-likeness (QED) is 0.783. The number of rotatable bonds is 5. The number of ether oxygens (including phenoxy) is 1. The predicted octanol–water partition coefficient (Wildman–Crippen LogP) is 2.62. The lowest BCUT2D eigenvalue weighted by atomic mass is 10.0. The number of nitrogen functional groups attached to an aromatic ring is 1. The van der Waals surface area contributed by atoms with Gasteiger partial charge in [0.05, 0.1) is 19.1 Å². The van der Waals surface area contributed by atoms with Crippen LogP contribution in [0.4, 0.5) is 5.82 Å². The number of benzene rings is 1. The van der Waals surface area contributed by atoms with E-state index in [2.05, 4.69) is 40.9 Å². The maximum absolute atomic E-state index is 6.04. The van der Waals surface area contributed by atoms with Crippen molar-refractivity contribution in [3.8, 4) is 17.1 Å². The van der Waals surface area contributed by atoms with Gasteiger partial charge in [-0.1, -0.05) is 12.1 Å². The van der Waals surface area contributed by atoms with Crippen LogP contribution in [0.25, 0.3) is 11.3 Å². The zero-order valence-electron chi connectivity index (χ0n) is 13.2. The third-order valence-corrected chi connectivity index (χ3v) is 3.72. The summed E-state index contributed by atoms with van der Waals surface area (Å²) in [6.45, 7) is 5.31. The Morgan fingerprint density at radius 2 is 2.09 bits per heavy atom. The summed E-state index contributed by atoms with van der Waals surface area (Å²) in [6, 6.07) is 6.12. The molecular weight excluding hydrogens is 290 g/mol.